The average molecular weight is 229 g/mol. The summed E-state index contributed by atoms with van der Waals surface area (Å²) >= 11 is 0. The van der Waals surface area contributed by atoms with Crippen molar-refractivity contribution in [3.63, 3.8) is 0 Å². The number of hydrogen-bond donors (Lipinski definition) is 1. The van der Waals surface area contributed by atoms with E-state index in [1.807, 2.05) is 7.05 Å². The maximum atomic E-state index is 11.0. The van der Waals surface area contributed by atoms with E-state index in [1.165, 1.54) is 7.11 Å². The van der Waals surface area contributed by atoms with Crippen LogP contribution in [0.1, 0.15) is 6.42 Å². The first kappa shape index (κ1) is 13.4. The van der Waals surface area contributed by atoms with Gasteiger partial charge in [0.1, 0.15) is 0 Å². The van der Waals surface area contributed by atoms with Crippen LogP contribution in [0.2, 0.25) is 0 Å². The van der Waals surface area contributed by atoms with E-state index in [-0.39, 0.29) is 5.97 Å². The summed E-state index contributed by atoms with van der Waals surface area (Å²) in [6.45, 7) is 7.31. The predicted molar refractivity (Wildman–Crippen MR) is 63.4 cm³/mol. The second-order valence-electron chi connectivity index (χ2n) is 4.22. The molecule has 0 aromatic rings. The van der Waals surface area contributed by atoms with E-state index in [0.29, 0.717) is 6.42 Å². The molecule has 0 aliphatic carbocycles. The molecule has 0 radical (unpaired) electrons. The van der Waals surface area contributed by atoms with Crippen molar-refractivity contribution in [1.82, 2.24) is 15.1 Å². The molecule has 0 bridgehead atoms. The molecule has 5 heteroatoms. The van der Waals surface area contributed by atoms with Crippen LogP contribution in [-0.4, -0.2) is 75.7 Å². The summed E-state index contributed by atoms with van der Waals surface area (Å²) in [5.74, 6) is -0.131. The summed E-state index contributed by atoms with van der Waals surface area (Å²) in [6, 6.07) is 0. The average Bonchev–Trinajstić information content (AvgIpc) is 2.34. The lowest BCUT2D eigenvalue weighted by Gasteiger charge is -2.28. The molecule has 1 rings (SSSR count). The molecule has 0 unspecified atom stereocenters. The van der Waals surface area contributed by atoms with Crippen LogP contribution in [-0.2, 0) is 9.53 Å². The molecule has 0 aromatic heterocycles. The van der Waals surface area contributed by atoms with E-state index >= 15 is 0 Å². The first-order chi connectivity index (χ1) is 7.72. The Hall–Kier alpha value is -0.650. The number of piperazine rings is 1. The van der Waals surface area contributed by atoms with Crippen molar-refractivity contribution in [2.24, 2.45) is 0 Å². The Balaban J connectivity index is 2.04. The molecular formula is C11H23N3O2. The minimum Gasteiger partial charge on any atom is -0.469 e. The van der Waals surface area contributed by atoms with Gasteiger partial charge in [-0.1, -0.05) is 0 Å². The lowest BCUT2D eigenvalue weighted by Crippen LogP contribution is -2.46. The molecule has 1 aliphatic heterocycles. The third kappa shape index (κ3) is 5.44. The number of ether oxygens (including phenoxy) is 1. The zero-order valence-corrected chi connectivity index (χ0v) is 10.4. The molecule has 1 N–H and O–H groups in total. The van der Waals surface area contributed by atoms with Crippen LogP contribution >= 0.6 is 0 Å². The van der Waals surface area contributed by atoms with Crippen LogP contribution in [0, 0.1) is 0 Å². The predicted octanol–water partition coefficient (Wildman–Crippen LogP) is -0.613. The highest BCUT2D eigenvalue weighted by atomic mass is 16.5. The standard InChI is InChI=1S/C11H23N3O2/c1-13(6-3-11(15)16-2)9-10-14-7-4-12-5-8-14/h12H,3-10H2,1-2H3. The van der Waals surface area contributed by atoms with E-state index in [4.69, 9.17) is 0 Å². The van der Waals surface area contributed by atoms with Gasteiger partial charge in [0.25, 0.3) is 0 Å². The first-order valence-corrected chi connectivity index (χ1v) is 5.91. The van der Waals surface area contributed by atoms with Crippen molar-refractivity contribution in [3.05, 3.63) is 0 Å². The van der Waals surface area contributed by atoms with Gasteiger partial charge in [-0.05, 0) is 7.05 Å². The monoisotopic (exact) mass is 229 g/mol. The Morgan fingerprint density at radius 2 is 2.06 bits per heavy atom. The molecule has 1 fully saturated rings. The maximum Gasteiger partial charge on any atom is 0.306 e. The third-order valence-corrected chi connectivity index (χ3v) is 2.93. The zero-order chi connectivity index (χ0) is 11.8. The number of carbonyl (C=O) groups is 1. The Bertz CT molecular complexity index is 205. The van der Waals surface area contributed by atoms with Gasteiger partial charge in [-0.2, -0.15) is 0 Å². The van der Waals surface area contributed by atoms with Crippen molar-refractivity contribution >= 4 is 5.97 Å². The lowest BCUT2D eigenvalue weighted by molar-refractivity contribution is -0.140. The largest absolute Gasteiger partial charge is 0.469 e. The molecular weight excluding hydrogens is 206 g/mol. The fourth-order valence-corrected chi connectivity index (χ4v) is 1.74. The molecule has 94 valence electrons. The number of esters is 1. The van der Waals surface area contributed by atoms with Crippen molar-refractivity contribution in [1.29, 1.82) is 0 Å². The van der Waals surface area contributed by atoms with Gasteiger partial charge < -0.3 is 15.0 Å². The maximum absolute atomic E-state index is 11.0. The third-order valence-electron chi connectivity index (χ3n) is 2.93. The second-order valence-corrected chi connectivity index (χ2v) is 4.22. The summed E-state index contributed by atoms with van der Waals surface area (Å²) in [5.41, 5.74) is 0. The summed E-state index contributed by atoms with van der Waals surface area (Å²) < 4.78 is 4.61. The van der Waals surface area contributed by atoms with E-state index in [2.05, 4.69) is 19.9 Å². The Morgan fingerprint density at radius 1 is 1.38 bits per heavy atom. The van der Waals surface area contributed by atoms with Crippen LogP contribution in [0.4, 0.5) is 0 Å². The summed E-state index contributed by atoms with van der Waals surface area (Å²) in [7, 11) is 3.48. The van der Waals surface area contributed by atoms with Crippen molar-refractivity contribution in [3.8, 4) is 0 Å². The number of methoxy groups -OCH3 is 1. The number of carbonyl (C=O) groups excluding carboxylic acids is 1. The van der Waals surface area contributed by atoms with Gasteiger partial charge in [0.05, 0.1) is 13.5 Å². The fourth-order valence-electron chi connectivity index (χ4n) is 1.74. The van der Waals surface area contributed by atoms with Gasteiger partial charge in [0.15, 0.2) is 0 Å². The summed E-state index contributed by atoms with van der Waals surface area (Å²) in [6.07, 6.45) is 0.481. The van der Waals surface area contributed by atoms with Gasteiger partial charge in [-0.15, -0.1) is 0 Å². The summed E-state index contributed by atoms with van der Waals surface area (Å²) in [4.78, 5) is 15.6. The van der Waals surface area contributed by atoms with E-state index in [1.54, 1.807) is 0 Å². The molecule has 5 nitrogen and oxygen atoms in total. The van der Waals surface area contributed by atoms with Crippen molar-refractivity contribution in [2.75, 3.05) is 60.0 Å². The molecule has 1 saturated heterocycles. The lowest BCUT2D eigenvalue weighted by atomic mass is 10.3. The highest BCUT2D eigenvalue weighted by Crippen LogP contribution is 1.94. The van der Waals surface area contributed by atoms with Crippen LogP contribution in [0.15, 0.2) is 0 Å². The van der Waals surface area contributed by atoms with Crippen LogP contribution in [0.5, 0.6) is 0 Å². The van der Waals surface area contributed by atoms with Gasteiger partial charge in [-0.3, -0.25) is 9.69 Å². The van der Waals surface area contributed by atoms with E-state index in [9.17, 15) is 4.79 Å². The highest BCUT2D eigenvalue weighted by molar-refractivity contribution is 5.69. The minimum absolute atomic E-state index is 0.131. The number of nitrogens with one attached hydrogen (secondary N) is 1. The number of nitrogens with zero attached hydrogens (tertiary/aromatic N) is 2. The molecule has 1 heterocycles. The fraction of sp³-hybridized carbons (Fsp3) is 0.909. The van der Waals surface area contributed by atoms with Crippen molar-refractivity contribution < 1.29 is 9.53 Å². The van der Waals surface area contributed by atoms with E-state index in [0.717, 1.165) is 45.8 Å². The SMILES string of the molecule is COC(=O)CCN(C)CCN1CCNCC1. The molecule has 0 spiro atoms. The number of rotatable bonds is 6. The molecule has 1 aliphatic rings. The Kier molecular flexibility index (Phi) is 6.37. The van der Waals surface area contributed by atoms with Gasteiger partial charge in [0, 0.05) is 45.8 Å². The quantitative estimate of drug-likeness (QED) is 0.615. The number of likely N-dealkylation sites (N-methyl/N-ethyl adjacent to an activating group) is 1. The van der Waals surface area contributed by atoms with Crippen LogP contribution in [0.25, 0.3) is 0 Å². The first-order valence-electron chi connectivity index (χ1n) is 5.91. The zero-order valence-electron chi connectivity index (χ0n) is 10.4. The Morgan fingerprint density at radius 3 is 2.69 bits per heavy atom. The topological polar surface area (TPSA) is 44.8 Å². The van der Waals surface area contributed by atoms with Crippen LogP contribution in [0.3, 0.4) is 0 Å². The molecule has 16 heavy (non-hydrogen) atoms. The van der Waals surface area contributed by atoms with E-state index < -0.39 is 0 Å². The normalized spacial score (nSPS) is 17.7. The smallest absolute Gasteiger partial charge is 0.306 e. The summed E-state index contributed by atoms with van der Waals surface area (Å²) in [5, 5.41) is 3.33. The second kappa shape index (κ2) is 7.60. The van der Waals surface area contributed by atoms with Gasteiger partial charge in [-0.25, -0.2) is 0 Å². The molecule has 0 aromatic carbocycles. The van der Waals surface area contributed by atoms with Gasteiger partial charge in [0.2, 0.25) is 0 Å². The minimum atomic E-state index is -0.131. The van der Waals surface area contributed by atoms with Crippen molar-refractivity contribution in [2.45, 2.75) is 6.42 Å². The number of hydrogen-bond acceptors (Lipinski definition) is 5. The van der Waals surface area contributed by atoms with Gasteiger partial charge >= 0.3 is 5.97 Å². The molecule has 0 atom stereocenters. The molecule has 0 amide bonds. The van der Waals surface area contributed by atoms with Crippen LogP contribution < -0.4 is 5.32 Å². The Labute approximate surface area is 97.7 Å². The molecule has 0 saturated carbocycles. The highest BCUT2D eigenvalue weighted by Gasteiger charge is 2.10.